The van der Waals surface area contributed by atoms with Crippen molar-refractivity contribution in [2.75, 3.05) is 30.0 Å². The lowest BCUT2D eigenvalue weighted by molar-refractivity contribution is 0.307. The van der Waals surface area contributed by atoms with Gasteiger partial charge in [-0.1, -0.05) is 0 Å². The van der Waals surface area contributed by atoms with Crippen molar-refractivity contribution >= 4 is 11.4 Å². The Balaban J connectivity index is 2.58. The molecule has 1 aromatic rings. The fraction of sp³-hybridized carbons (Fsp3) is 0.333. The third-order valence-electron chi connectivity index (χ3n) is 1.30. The monoisotopic (exact) mass is 156 g/mol. The molecule has 5 heteroatoms. The molecule has 62 valence electrons. The van der Waals surface area contributed by atoms with Crippen LogP contribution in [-0.2, 0) is 0 Å². The SMILES string of the molecule is Nc1cn(NCCO)cc1N. The Morgan fingerprint density at radius 3 is 2.36 bits per heavy atom. The molecule has 1 aromatic heterocycles. The van der Waals surface area contributed by atoms with Gasteiger partial charge in [0.05, 0.1) is 36.9 Å². The van der Waals surface area contributed by atoms with Gasteiger partial charge in [-0.3, -0.25) is 4.68 Å². The predicted octanol–water partition coefficient (Wildman–Crippen LogP) is -0.812. The number of aromatic nitrogens is 1. The molecule has 0 saturated heterocycles. The minimum atomic E-state index is 0.0813. The summed E-state index contributed by atoms with van der Waals surface area (Å²) in [4.78, 5) is 0. The maximum absolute atomic E-state index is 8.47. The number of hydrogen-bond donors (Lipinski definition) is 4. The maximum Gasteiger partial charge on any atom is 0.0749 e. The lowest BCUT2D eigenvalue weighted by Gasteiger charge is -2.03. The summed E-state index contributed by atoms with van der Waals surface area (Å²) in [7, 11) is 0. The normalized spacial score (nSPS) is 9.91. The molecule has 0 unspecified atom stereocenters. The van der Waals surface area contributed by atoms with E-state index in [1.807, 2.05) is 0 Å². The van der Waals surface area contributed by atoms with Gasteiger partial charge < -0.3 is 22.0 Å². The van der Waals surface area contributed by atoms with Crippen LogP contribution in [0.25, 0.3) is 0 Å². The highest BCUT2D eigenvalue weighted by atomic mass is 16.3. The number of nitrogen functional groups attached to an aromatic ring is 2. The van der Waals surface area contributed by atoms with Crippen LogP contribution in [0, 0.1) is 0 Å². The Labute approximate surface area is 64.6 Å². The van der Waals surface area contributed by atoms with Gasteiger partial charge in [0.2, 0.25) is 0 Å². The molecular weight excluding hydrogens is 144 g/mol. The van der Waals surface area contributed by atoms with Crippen molar-refractivity contribution in [1.29, 1.82) is 0 Å². The van der Waals surface area contributed by atoms with Gasteiger partial charge >= 0.3 is 0 Å². The molecule has 0 spiro atoms. The van der Waals surface area contributed by atoms with Gasteiger partial charge in [0.25, 0.3) is 0 Å². The number of anilines is 2. The molecule has 0 aliphatic rings. The number of rotatable bonds is 3. The van der Waals surface area contributed by atoms with E-state index in [1.54, 1.807) is 17.1 Å². The molecule has 0 fully saturated rings. The van der Waals surface area contributed by atoms with Gasteiger partial charge in [0.1, 0.15) is 0 Å². The van der Waals surface area contributed by atoms with Crippen LogP contribution in [0.3, 0.4) is 0 Å². The first kappa shape index (κ1) is 7.74. The van der Waals surface area contributed by atoms with E-state index in [2.05, 4.69) is 5.43 Å². The van der Waals surface area contributed by atoms with Crippen LogP contribution in [0.1, 0.15) is 0 Å². The summed E-state index contributed by atoms with van der Waals surface area (Å²) < 4.78 is 1.63. The fourth-order valence-electron chi connectivity index (χ4n) is 0.756. The van der Waals surface area contributed by atoms with Crippen molar-refractivity contribution in [1.82, 2.24) is 4.68 Å². The summed E-state index contributed by atoms with van der Waals surface area (Å²) in [6, 6.07) is 0. The Bertz CT molecular complexity index is 213. The van der Waals surface area contributed by atoms with Crippen LogP contribution in [-0.4, -0.2) is 22.9 Å². The zero-order valence-corrected chi connectivity index (χ0v) is 6.12. The van der Waals surface area contributed by atoms with Gasteiger partial charge in [-0.15, -0.1) is 0 Å². The van der Waals surface area contributed by atoms with Crippen LogP contribution in [0.4, 0.5) is 11.4 Å². The molecule has 11 heavy (non-hydrogen) atoms. The molecule has 0 radical (unpaired) electrons. The highest BCUT2D eigenvalue weighted by Gasteiger charge is 1.96. The number of nitrogens with two attached hydrogens (primary N) is 2. The number of nitrogens with zero attached hydrogens (tertiary/aromatic N) is 1. The zero-order valence-electron chi connectivity index (χ0n) is 6.12. The van der Waals surface area contributed by atoms with Crippen LogP contribution < -0.4 is 16.9 Å². The van der Waals surface area contributed by atoms with Gasteiger partial charge in [-0.05, 0) is 0 Å². The van der Waals surface area contributed by atoms with E-state index in [0.29, 0.717) is 17.9 Å². The molecule has 0 amide bonds. The van der Waals surface area contributed by atoms with Gasteiger partial charge in [-0.2, -0.15) is 0 Å². The van der Waals surface area contributed by atoms with Crippen LogP contribution in [0.5, 0.6) is 0 Å². The number of aliphatic hydroxyl groups excluding tert-OH is 1. The Morgan fingerprint density at radius 2 is 1.91 bits per heavy atom. The van der Waals surface area contributed by atoms with Crippen molar-refractivity contribution in [2.24, 2.45) is 0 Å². The van der Waals surface area contributed by atoms with Crippen molar-refractivity contribution in [3.63, 3.8) is 0 Å². The summed E-state index contributed by atoms with van der Waals surface area (Å²) in [5.74, 6) is 0. The van der Waals surface area contributed by atoms with Gasteiger partial charge in [-0.25, -0.2) is 0 Å². The maximum atomic E-state index is 8.47. The third kappa shape index (κ3) is 1.78. The first-order valence-corrected chi connectivity index (χ1v) is 3.31. The number of aliphatic hydroxyl groups is 1. The lowest BCUT2D eigenvalue weighted by atomic mass is 10.5. The summed E-state index contributed by atoms with van der Waals surface area (Å²) in [5.41, 5.74) is 14.9. The van der Waals surface area contributed by atoms with Gasteiger partial charge in [0, 0.05) is 0 Å². The van der Waals surface area contributed by atoms with Crippen molar-refractivity contribution < 1.29 is 5.11 Å². The van der Waals surface area contributed by atoms with E-state index in [9.17, 15) is 0 Å². The largest absolute Gasteiger partial charge is 0.396 e. The average Bonchev–Trinajstić information content (AvgIpc) is 2.28. The quantitative estimate of drug-likeness (QED) is 0.460. The van der Waals surface area contributed by atoms with E-state index < -0.39 is 0 Å². The molecular formula is C6H12N4O. The average molecular weight is 156 g/mol. The standard InChI is InChI=1S/C6H12N4O/c7-5-3-10(4-6(5)8)9-1-2-11/h3-4,9,11H,1-2,7-8H2. The number of nitrogens with one attached hydrogen (secondary N) is 1. The zero-order chi connectivity index (χ0) is 8.27. The third-order valence-corrected chi connectivity index (χ3v) is 1.30. The second-order valence-electron chi connectivity index (χ2n) is 2.21. The molecule has 1 heterocycles. The fourth-order valence-corrected chi connectivity index (χ4v) is 0.756. The van der Waals surface area contributed by atoms with Crippen molar-refractivity contribution in [2.45, 2.75) is 0 Å². The second kappa shape index (κ2) is 3.16. The Kier molecular flexibility index (Phi) is 2.22. The van der Waals surface area contributed by atoms with Crippen molar-refractivity contribution in [3.8, 4) is 0 Å². The smallest absolute Gasteiger partial charge is 0.0749 e. The molecule has 0 saturated carbocycles. The molecule has 0 aliphatic heterocycles. The summed E-state index contributed by atoms with van der Waals surface area (Å²) in [5, 5.41) is 8.47. The molecule has 5 nitrogen and oxygen atoms in total. The Hall–Kier alpha value is -1.36. The van der Waals surface area contributed by atoms with Crippen molar-refractivity contribution in [3.05, 3.63) is 12.4 Å². The molecule has 0 aromatic carbocycles. The topological polar surface area (TPSA) is 89.2 Å². The molecule has 0 atom stereocenters. The highest BCUT2D eigenvalue weighted by molar-refractivity contribution is 5.61. The van der Waals surface area contributed by atoms with E-state index in [4.69, 9.17) is 16.6 Å². The summed E-state index contributed by atoms with van der Waals surface area (Å²) in [6.07, 6.45) is 3.32. The van der Waals surface area contributed by atoms with E-state index in [0.717, 1.165) is 0 Å². The minimum Gasteiger partial charge on any atom is -0.396 e. The van der Waals surface area contributed by atoms with Crippen LogP contribution in [0.15, 0.2) is 12.4 Å². The predicted molar refractivity (Wildman–Crippen MR) is 44.6 cm³/mol. The number of hydrogen-bond acceptors (Lipinski definition) is 4. The van der Waals surface area contributed by atoms with E-state index in [-0.39, 0.29) is 6.61 Å². The summed E-state index contributed by atoms with van der Waals surface area (Å²) >= 11 is 0. The molecule has 6 N–H and O–H groups in total. The van der Waals surface area contributed by atoms with E-state index in [1.165, 1.54) is 0 Å². The lowest BCUT2D eigenvalue weighted by Crippen LogP contribution is -2.16. The van der Waals surface area contributed by atoms with E-state index >= 15 is 0 Å². The first-order chi connectivity index (χ1) is 5.24. The molecule has 1 rings (SSSR count). The molecule has 0 bridgehead atoms. The Morgan fingerprint density at radius 1 is 1.36 bits per heavy atom. The van der Waals surface area contributed by atoms with Crippen LogP contribution >= 0.6 is 0 Å². The highest BCUT2D eigenvalue weighted by Crippen LogP contribution is 2.12. The summed E-state index contributed by atoms with van der Waals surface area (Å²) in [6.45, 7) is 0.561. The minimum absolute atomic E-state index is 0.0813. The molecule has 0 aliphatic carbocycles. The first-order valence-electron chi connectivity index (χ1n) is 3.31. The van der Waals surface area contributed by atoms with Crippen LogP contribution in [0.2, 0.25) is 0 Å². The van der Waals surface area contributed by atoms with Gasteiger partial charge in [0.15, 0.2) is 0 Å². The second-order valence-corrected chi connectivity index (χ2v) is 2.21.